The van der Waals surface area contributed by atoms with Crippen LogP contribution >= 0.6 is 0 Å². The predicted octanol–water partition coefficient (Wildman–Crippen LogP) is 2.32. The molecule has 0 aliphatic heterocycles. The van der Waals surface area contributed by atoms with Gasteiger partial charge in [0.15, 0.2) is 5.69 Å². The molecule has 0 atom stereocenters. The number of aryl methyl sites for hydroxylation is 1. The minimum atomic E-state index is -0.376. The highest BCUT2D eigenvalue weighted by atomic mass is 16.2. The van der Waals surface area contributed by atoms with Crippen LogP contribution < -0.4 is 10.6 Å². The summed E-state index contributed by atoms with van der Waals surface area (Å²) in [5.74, 6) is -0.211. The van der Waals surface area contributed by atoms with Gasteiger partial charge in [0.2, 0.25) is 0 Å². The lowest BCUT2D eigenvalue weighted by molar-refractivity contribution is 0.101. The molecule has 0 fully saturated rings. The summed E-state index contributed by atoms with van der Waals surface area (Å²) < 4.78 is 1.44. The second-order valence-corrected chi connectivity index (χ2v) is 5.05. The fourth-order valence-electron chi connectivity index (χ4n) is 2.11. The number of nitrogens with zero attached hydrogens (tertiary/aromatic N) is 3. The van der Waals surface area contributed by atoms with Gasteiger partial charge in [-0.3, -0.25) is 19.3 Å². The van der Waals surface area contributed by atoms with Crippen molar-refractivity contribution < 1.29 is 9.59 Å². The third kappa shape index (κ3) is 3.46. The summed E-state index contributed by atoms with van der Waals surface area (Å²) in [6.07, 6.45) is 3.16. The summed E-state index contributed by atoms with van der Waals surface area (Å²) in [4.78, 5) is 28.3. The number of carbonyl (C=O) groups excluding carboxylic acids is 2. The fourth-order valence-corrected chi connectivity index (χ4v) is 2.11. The smallest absolute Gasteiger partial charge is 0.276 e. The second kappa shape index (κ2) is 6.74. The standard InChI is InChI=1S/C17H15N5O2/c1-22-15(20-16(23)12-6-3-2-4-7-12)10-14(21-22)17(24)19-13-8-5-9-18-11-13/h2-11H,1H3,(H,19,24)(H,20,23). The molecule has 7 heteroatoms. The molecular weight excluding hydrogens is 306 g/mol. The normalized spacial score (nSPS) is 10.2. The maximum Gasteiger partial charge on any atom is 0.276 e. The summed E-state index contributed by atoms with van der Waals surface area (Å²) >= 11 is 0. The highest BCUT2D eigenvalue weighted by Crippen LogP contribution is 2.13. The van der Waals surface area contributed by atoms with Crippen molar-refractivity contribution >= 4 is 23.3 Å². The van der Waals surface area contributed by atoms with Gasteiger partial charge in [0, 0.05) is 24.9 Å². The SMILES string of the molecule is Cn1nc(C(=O)Nc2cccnc2)cc1NC(=O)c1ccccc1. The first-order valence-electron chi connectivity index (χ1n) is 7.25. The molecule has 120 valence electrons. The molecule has 0 bridgehead atoms. The Balaban J connectivity index is 1.73. The maximum atomic E-state index is 12.2. The van der Waals surface area contributed by atoms with Crippen molar-refractivity contribution in [2.45, 2.75) is 0 Å². The van der Waals surface area contributed by atoms with E-state index in [-0.39, 0.29) is 17.5 Å². The highest BCUT2D eigenvalue weighted by Gasteiger charge is 2.15. The maximum absolute atomic E-state index is 12.2. The lowest BCUT2D eigenvalue weighted by Gasteiger charge is -2.04. The lowest BCUT2D eigenvalue weighted by atomic mass is 10.2. The van der Waals surface area contributed by atoms with Gasteiger partial charge in [-0.2, -0.15) is 5.10 Å². The molecule has 7 nitrogen and oxygen atoms in total. The monoisotopic (exact) mass is 321 g/mol. The van der Waals surface area contributed by atoms with Crippen LogP contribution in [0.1, 0.15) is 20.8 Å². The van der Waals surface area contributed by atoms with Crippen LogP contribution in [0.15, 0.2) is 60.9 Å². The molecule has 3 rings (SSSR count). The topological polar surface area (TPSA) is 88.9 Å². The van der Waals surface area contributed by atoms with Crippen LogP contribution in [0, 0.1) is 0 Å². The van der Waals surface area contributed by atoms with E-state index in [9.17, 15) is 9.59 Å². The number of carbonyl (C=O) groups is 2. The average molecular weight is 321 g/mol. The molecular formula is C17H15N5O2. The van der Waals surface area contributed by atoms with Crippen LogP contribution in [0.5, 0.6) is 0 Å². The van der Waals surface area contributed by atoms with Crippen LogP contribution in [-0.4, -0.2) is 26.6 Å². The zero-order chi connectivity index (χ0) is 16.9. The van der Waals surface area contributed by atoms with E-state index in [2.05, 4.69) is 20.7 Å². The summed E-state index contributed by atoms with van der Waals surface area (Å²) in [5, 5.41) is 9.55. The number of pyridine rings is 1. The van der Waals surface area contributed by atoms with Crippen LogP contribution in [0.25, 0.3) is 0 Å². The summed E-state index contributed by atoms with van der Waals surface area (Å²) in [6, 6.07) is 13.8. The lowest BCUT2D eigenvalue weighted by Crippen LogP contribution is -2.14. The van der Waals surface area contributed by atoms with Gasteiger partial charge in [-0.05, 0) is 24.3 Å². The molecule has 2 N–H and O–H groups in total. The van der Waals surface area contributed by atoms with Crippen molar-refractivity contribution in [2.24, 2.45) is 7.05 Å². The van der Waals surface area contributed by atoms with Gasteiger partial charge in [0.25, 0.3) is 11.8 Å². The molecule has 0 unspecified atom stereocenters. The molecule has 3 aromatic rings. The zero-order valence-corrected chi connectivity index (χ0v) is 12.9. The van der Waals surface area contributed by atoms with Gasteiger partial charge in [-0.1, -0.05) is 18.2 Å². The largest absolute Gasteiger partial charge is 0.319 e. The van der Waals surface area contributed by atoms with Crippen LogP contribution in [0.2, 0.25) is 0 Å². The minimum absolute atomic E-state index is 0.199. The predicted molar refractivity (Wildman–Crippen MR) is 89.8 cm³/mol. The summed E-state index contributed by atoms with van der Waals surface area (Å²) in [7, 11) is 1.65. The Morgan fingerprint density at radius 2 is 1.79 bits per heavy atom. The van der Waals surface area contributed by atoms with Crippen LogP contribution in [-0.2, 0) is 7.05 Å². The number of hydrogen-bond donors (Lipinski definition) is 2. The van der Waals surface area contributed by atoms with Crippen molar-refractivity contribution in [2.75, 3.05) is 10.6 Å². The Kier molecular flexibility index (Phi) is 4.33. The Hall–Kier alpha value is -3.48. The van der Waals surface area contributed by atoms with E-state index in [1.165, 1.54) is 10.7 Å². The van der Waals surface area contributed by atoms with Crippen LogP contribution in [0.3, 0.4) is 0 Å². The number of amides is 2. The van der Waals surface area contributed by atoms with Gasteiger partial charge >= 0.3 is 0 Å². The average Bonchev–Trinajstić information content (AvgIpc) is 2.97. The van der Waals surface area contributed by atoms with E-state index in [4.69, 9.17) is 0 Å². The highest BCUT2D eigenvalue weighted by molar-refractivity contribution is 6.06. The number of rotatable bonds is 4. The summed E-state index contributed by atoms with van der Waals surface area (Å²) in [5.41, 5.74) is 1.30. The van der Waals surface area contributed by atoms with E-state index in [0.717, 1.165) is 0 Å². The van der Waals surface area contributed by atoms with E-state index in [1.54, 1.807) is 55.8 Å². The van der Waals surface area contributed by atoms with Gasteiger partial charge in [-0.25, -0.2) is 0 Å². The molecule has 0 aliphatic rings. The Morgan fingerprint density at radius 3 is 2.50 bits per heavy atom. The number of hydrogen-bond acceptors (Lipinski definition) is 4. The molecule has 2 aromatic heterocycles. The van der Waals surface area contributed by atoms with Crippen molar-refractivity contribution in [1.82, 2.24) is 14.8 Å². The number of nitrogens with one attached hydrogen (secondary N) is 2. The van der Waals surface area contributed by atoms with Crippen molar-refractivity contribution in [3.63, 3.8) is 0 Å². The quantitative estimate of drug-likeness (QED) is 0.772. The van der Waals surface area contributed by atoms with Gasteiger partial charge in [-0.15, -0.1) is 0 Å². The minimum Gasteiger partial charge on any atom is -0.319 e. The third-order valence-corrected chi connectivity index (χ3v) is 3.31. The summed E-state index contributed by atoms with van der Waals surface area (Å²) in [6.45, 7) is 0. The first-order valence-corrected chi connectivity index (χ1v) is 7.25. The van der Waals surface area contributed by atoms with E-state index in [1.807, 2.05) is 6.07 Å². The number of aromatic nitrogens is 3. The molecule has 1 aromatic carbocycles. The Morgan fingerprint density at radius 1 is 1.00 bits per heavy atom. The van der Waals surface area contributed by atoms with Gasteiger partial charge in [0.05, 0.1) is 11.9 Å². The Labute approximate surface area is 138 Å². The van der Waals surface area contributed by atoms with Gasteiger partial charge < -0.3 is 10.6 Å². The molecule has 0 aliphatic carbocycles. The number of benzene rings is 1. The molecule has 0 saturated carbocycles. The second-order valence-electron chi connectivity index (χ2n) is 5.05. The van der Waals surface area contributed by atoms with E-state index in [0.29, 0.717) is 17.1 Å². The molecule has 0 saturated heterocycles. The third-order valence-electron chi connectivity index (χ3n) is 3.31. The molecule has 2 heterocycles. The molecule has 0 radical (unpaired) electrons. The first kappa shape index (κ1) is 15.4. The van der Waals surface area contributed by atoms with Crippen molar-refractivity contribution in [3.05, 3.63) is 72.2 Å². The molecule has 2 amide bonds. The van der Waals surface area contributed by atoms with Crippen LogP contribution in [0.4, 0.5) is 11.5 Å². The van der Waals surface area contributed by atoms with E-state index < -0.39 is 0 Å². The number of anilines is 2. The van der Waals surface area contributed by atoms with Crippen molar-refractivity contribution in [1.29, 1.82) is 0 Å². The molecule has 0 spiro atoms. The molecule has 24 heavy (non-hydrogen) atoms. The Bertz CT molecular complexity index is 859. The van der Waals surface area contributed by atoms with Crippen molar-refractivity contribution in [3.8, 4) is 0 Å². The van der Waals surface area contributed by atoms with E-state index >= 15 is 0 Å². The van der Waals surface area contributed by atoms with Gasteiger partial charge in [0.1, 0.15) is 5.82 Å². The first-order chi connectivity index (χ1) is 11.6. The fraction of sp³-hybridized carbons (Fsp3) is 0.0588. The zero-order valence-electron chi connectivity index (χ0n) is 12.9.